The van der Waals surface area contributed by atoms with Crippen LogP contribution in [0.2, 0.25) is 0 Å². The number of nitrogens with one attached hydrogen (secondary N) is 2. The number of aryl methyl sites for hydroxylation is 1. The lowest BCUT2D eigenvalue weighted by atomic mass is 9.95. The second-order valence-electron chi connectivity index (χ2n) is 12.0. The molecular formula is C36H40N4O9. The molecule has 258 valence electrons. The number of benzene rings is 2. The number of hydrogen-bond acceptors (Lipinski definition) is 10. The normalized spacial score (nSPS) is 17.9. The van der Waals surface area contributed by atoms with Gasteiger partial charge in [-0.25, -0.2) is 0 Å². The highest BCUT2D eigenvalue weighted by Crippen LogP contribution is 2.50. The standard InChI is InChI=1S/C36H40N4O9/c1-21(41)38-25-11-9-22-17-30(45-2)34(46-3)35(47-4)33(22)23-10-12-26(27(42)18-24(23)25)37-19-32(43)39-13-15-40(16-14-39)36(44)31-20-48-28-7-5-6-8-29(28)49-31/h5-8,10,12,17-18,25,31H,9,11,13-16,19-20H2,1-4H3,(H,37,42)(H,38,41)/t25-,31?/m0/s1. The number of para-hydroxylation sites is 2. The van der Waals surface area contributed by atoms with E-state index in [0.29, 0.717) is 78.9 Å². The molecule has 0 aromatic heterocycles. The molecule has 3 amide bonds. The van der Waals surface area contributed by atoms with Gasteiger partial charge in [0.25, 0.3) is 5.91 Å². The number of ether oxygens (including phenoxy) is 5. The summed E-state index contributed by atoms with van der Waals surface area (Å²) in [5, 5.41) is 6.02. The van der Waals surface area contributed by atoms with Gasteiger partial charge in [0.1, 0.15) is 6.61 Å². The summed E-state index contributed by atoms with van der Waals surface area (Å²) in [6.07, 6.45) is 0.366. The molecule has 0 saturated carbocycles. The van der Waals surface area contributed by atoms with Gasteiger partial charge in [0, 0.05) is 38.7 Å². The first-order valence-corrected chi connectivity index (χ1v) is 16.2. The van der Waals surface area contributed by atoms with Crippen LogP contribution in [0.25, 0.3) is 11.1 Å². The Hall–Kier alpha value is -5.46. The van der Waals surface area contributed by atoms with Crippen molar-refractivity contribution in [1.29, 1.82) is 0 Å². The van der Waals surface area contributed by atoms with E-state index < -0.39 is 12.1 Å². The van der Waals surface area contributed by atoms with Crippen LogP contribution in [0.5, 0.6) is 28.7 Å². The van der Waals surface area contributed by atoms with Crippen LogP contribution >= 0.6 is 0 Å². The van der Waals surface area contributed by atoms with E-state index >= 15 is 0 Å². The van der Waals surface area contributed by atoms with Crippen LogP contribution in [0.1, 0.15) is 30.5 Å². The van der Waals surface area contributed by atoms with Crippen molar-refractivity contribution in [3.8, 4) is 39.9 Å². The zero-order chi connectivity index (χ0) is 34.7. The molecular weight excluding hydrogens is 632 g/mol. The summed E-state index contributed by atoms with van der Waals surface area (Å²) >= 11 is 0. The molecule has 2 atom stereocenters. The lowest BCUT2D eigenvalue weighted by molar-refractivity contribution is -0.145. The molecule has 1 saturated heterocycles. The first-order valence-electron chi connectivity index (χ1n) is 16.2. The second-order valence-corrected chi connectivity index (χ2v) is 12.0. The molecule has 2 N–H and O–H groups in total. The Morgan fingerprint density at radius 1 is 0.898 bits per heavy atom. The second kappa shape index (κ2) is 14.3. The summed E-state index contributed by atoms with van der Waals surface area (Å²) in [6, 6.07) is 13.6. The summed E-state index contributed by atoms with van der Waals surface area (Å²) in [5.74, 6) is 1.91. The fourth-order valence-electron chi connectivity index (χ4n) is 6.66. The van der Waals surface area contributed by atoms with Gasteiger partial charge in [-0.15, -0.1) is 0 Å². The SMILES string of the molecule is COc1cc2c(c(OC)c1OC)-c1ccc(NCC(=O)N3CCN(C(=O)C4COc5ccccc5O4)CC3)c(=O)cc1[C@@H](NC(C)=O)CC2. The van der Waals surface area contributed by atoms with E-state index in [4.69, 9.17) is 23.7 Å². The predicted octanol–water partition coefficient (Wildman–Crippen LogP) is 2.79. The summed E-state index contributed by atoms with van der Waals surface area (Å²) in [5.41, 5.74) is 2.86. The number of piperazine rings is 1. The number of rotatable bonds is 8. The number of fused-ring (bicyclic) bond motifs is 4. The minimum Gasteiger partial charge on any atom is -0.493 e. The Morgan fingerprint density at radius 3 is 2.31 bits per heavy atom. The Kier molecular flexibility index (Phi) is 9.79. The number of carbonyl (C=O) groups excluding carboxylic acids is 3. The molecule has 6 rings (SSSR count). The molecule has 0 bridgehead atoms. The summed E-state index contributed by atoms with van der Waals surface area (Å²) < 4.78 is 28.7. The van der Waals surface area contributed by atoms with Crippen LogP contribution in [0.3, 0.4) is 0 Å². The minimum atomic E-state index is -0.747. The van der Waals surface area contributed by atoms with Crippen molar-refractivity contribution >= 4 is 23.4 Å². The lowest BCUT2D eigenvalue weighted by Gasteiger charge is -2.37. The van der Waals surface area contributed by atoms with Crippen LogP contribution in [0.15, 0.2) is 53.3 Å². The van der Waals surface area contributed by atoms with Gasteiger partial charge >= 0.3 is 0 Å². The van der Waals surface area contributed by atoms with Crippen molar-refractivity contribution in [2.45, 2.75) is 31.9 Å². The first-order chi connectivity index (χ1) is 23.7. The van der Waals surface area contributed by atoms with Crippen molar-refractivity contribution in [1.82, 2.24) is 15.1 Å². The minimum absolute atomic E-state index is 0.117. The summed E-state index contributed by atoms with van der Waals surface area (Å²) in [4.78, 5) is 55.6. The number of hydrogen-bond donors (Lipinski definition) is 2. The molecule has 3 aliphatic rings. The molecule has 1 unspecified atom stereocenters. The van der Waals surface area contributed by atoms with Crippen LogP contribution in [-0.2, 0) is 20.8 Å². The largest absolute Gasteiger partial charge is 0.493 e. The van der Waals surface area contributed by atoms with Crippen LogP contribution in [0.4, 0.5) is 5.69 Å². The monoisotopic (exact) mass is 672 g/mol. The highest BCUT2D eigenvalue weighted by Gasteiger charge is 2.34. The van der Waals surface area contributed by atoms with Crippen molar-refractivity contribution in [3.05, 3.63) is 69.9 Å². The van der Waals surface area contributed by atoms with Crippen LogP contribution in [0, 0.1) is 0 Å². The zero-order valence-corrected chi connectivity index (χ0v) is 28.0. The van der Waals surface area contributed by atoms with E-state index in [1.165, 1.54) is 20.1 Å². The van der Waals surface area contributed by atoms with Crippen molar-refractivity contribution in [3.63, 3.8) is 0 Å². The van der Waals surface area contributed by atoms with Crippen molar-refractivity contribution in [2.24, 2.45) is 0 Å². The van der Waals surface area contributed by atoms with E-state index in [1.807, 2.05) is 18.2 Å². The van der Waals surface area contributed by atoms with E-state index in [2.05, 4.69) is 10.6 Å². The molecule has 49 heavy (non-hydrogen) atoms. The molecule has 13 nitrogen and oxygen atoms in total. The number of carbonyl (C=O) groups is 3. The Morgan fingerprint density at radius 2 is 1.61 bits per heavy atom. The highest BCUT2D eigenvalue weighted by molar-refractivity contribution is 5.85. The smallest absolute Gasteiger partial charge is 0.267 e. The molecule has 2 heterocycles. The summed E-state index contributed by atoms with van der Waals surface area (Å²) in [7, 11) is 4.63. The quantitative estimate of drug-likeness (QED) is 0.367. The molecule has 2 aliphatic heterocycles. The van der Waals surface area contributed by atoms with Gasteiger partial charge in [0.2, 0.25) is 29.1 Å². The zero-order valence-electron chi connectivity index (χ0n) is 28.0. The summed E-state index contributed by atoms with van der Waals surface area (Å²) in [6.45, 7) is 2.85. The van der Waals surface area contributed by atoms with Gasteiger partial charge in [-0.1, -0.05) is 18.2 Å². The maximum absolute atomic E-state index is 13.6. The van der Waals surface area contributed by atoms with Gasteiger partial charge in [-0.05, 0) is 59.9 Å². The maximum atomic E-state index is 13.6. The van der Waals surface area contributed by atoms with E-state index in [0.717, 1.165) is 11.1 Å². The molecule has 0 radical (unpaired) electrons. The molecule has 3 aromatic carbocycles. The molecule has 1 aliphatic carbocycles. The van der Waals surface area contributed by atoms with Gasteiger partial charge in [-0.3, -0.25) is 19.2 Å². The molecule has 1 fully saturated rings. The third kappa shape index (κ3) is 6.78. The highest BCUT2D eigenvalue weighted by atomic mass is 16.6. The molecule has 0 spiro atoms. The number of amides is 3. The van der Waals surface area contributed by atoms with Crippen LogP contribution in [-0.4, -0.2) is 94.3 Å². The first kappa shape index (κ1) is 33.4. The topological polar surface area (TPSA) is 145 Å². The van der Waals surface area contributed by atoms with Gasteiger partial charge in [0.15, 0.2) is 23.0 Å². The fourth-order valence-corrected chi connectivity index (χ4v) is 6.66. The average molecular weight is 673 g/mol. The number of methoxy groups -OCH3 is 3. The fraction of sp³-hybridized carbons (Fsp3) is 0.389. The molecule has 3 aromatic rings. The van der Waals surface area contributed by atoms with E-state index in [1.54, 1.807) is 48.3 Å². The Labute approximate surface area is 284 Å². The average Bonchev–Trinajstić information content (AvgIpc) is 3.36. The van der Waals surface area contributed by atoms with Gasteiger partial charge < -0.3 is 44.1 Å². The lowest BCUT2D eigenvalue weighted by Crippen LogP contribution is -2.55. The maximum Gasteiger partial charge on any atom is 0.267 e. The number of nitrogens with zero attached hydrogens (tertiary/aromatic N) is 2. The van der Waals surface area contributed by atoms with Gasteiger partial charge in [-0.2, -0.15) is 0 Å². The predicted molar refractivity (Wildman–Crippen MR) is 181 cm³/mol. The molecule has 13 heteroatoms. The van der Waals surface area contributed by atoms with E-state index in [9.17, 15) is 19.2 Å². The van der Waals surface area contributed by atoms with Crippen LogP contribution < -0.4 is 39.7 Å². The Balaban J connectivity index is 1.18. The van der Waals surface area contributed by atoms with E-state index in [-0.39, 0.29) is 42.0 Å². The van der Waals surface area contributed by atoms with Crippen molar-refractivity contribution in [2.75, 3.05) is 66.0 Å². The third-order valence-corrected chi connectivity index (χ3v) is 9.07. The van der Waals surface area contributed by atoms with Crippen molar-refractivity contribution < 1.29 is 38.1 Å². The third-order valence-electron chi connectivity index (χ3n) is 9.07. The Bertz CT molecular complexity index is 1820. The number of anilines is 1. The van der Waals surface area contributed by atoms with Gasteiger partial charge in [0.05, 0.1) is 39.6 Å².